The van der Waals surface area contributed by atoms with E-state index >= 15 is 0 Å². The molecule has 1 aliphatic rings. The van der Waals surface area contributed by atoms with Crippen LogP contribution in [-0.4, -0.2) is 11.7 Å². The minimum Gasteiger partial charge on any atom is -0.487 e. The molecule has 2 nitrogen and oxygen atoms in total. The maximum absolute atomic E-state index is 12.7. The van der Waals surface area contributed by atoms with Crippen LogP contribution in [-0.2, 0) is 6.18 Å². The molecule has 0 spiro atoms. The summed E-state index contributed by atoms with van der Waals surface area (Å²) in [5, 5.41) is 0. The van der Waals surface area contributed by atoms with E-state index in [9.17, 15) is 13.2 Å². The van der Waals surface area contributed by atoms with Crippen molar-refractivity contribution in [1.82, 2.24) is 0 Å². The van der Waals surface area contributed by atoms with Crippen LogP contribution in [0.4, 0.5) is 13.2 Å². The monoisotopic (exact) mass is 274 g/mol. The fourth-order valence-corrected chi connectivity index (χ4v) is 1.56. The molecule has 0 N–H and O–H groups in total. The lowest BCUT2D eigenvalue weighted by molar-refractivity contribution is -0.137. The molecule has 0 aliphatic heterocycles. The SMILES string of the molecule is CC(C)(C)Oc1cc(C(F)(F)F)ccc1OC1CC1. The van der Waals surface area contributed by atoms with Crippen LogP contribution in [0.25, 0.3) is 0 Å². The molecule has 0 amide bonds. The third-order valence-corrected chi connectivity index (χ3v) is 2.51. The Morgan fingerprint density at radius 3 is 2.16 bits per heavy atom. The molecule has 1 fully saturated rings. The fraction of sp³-hybridized carbons (Fsp3) is 0.571. The van der Waals surface area contributed by atoms with Crippen molar-refractivity contribution in [2.24, 2.45) is 0 Å². The second kappa shape index (κ2) is 4.62. The summed E-state index contributed by atoms with van der Waals surface area (Å²) in [6.07, 6.45) is -2.39. The highest BCUT2D eigenvalue weighted by molar-refractivity contribution is 5.44. The van der Waals surface area contributed by atoms with Gasteiger partial charge in [0.1, 0.15) is 5.60 Å². The van der Waals surface area contributed by atoms with E-state index in [0.717, 1.165) is 25.0 Å². The minimum absolute atomic E-state index is 0.110. The van der Waals surface area contributed by atoms with Gasteiger partial charge in [-0.05, 0) is 51.8 Å². The molecule has 0 radical (unpaired) electrons. The average molecular weight is 274 g/mol. The van der Waals surface area contributed by atoms with Gasteiger partial charge in [0, 0.05) is 0 Å². The lowest BCUT2D eigenvalue weighted by atomic mass is 10.1. The molecule has 0 aromatic heterocycles. The Balaban J connectivity index is 2.31. The predicted octanol–water partition coefficient (Wildman–Crippen LogP) is 4.42. The molecule has 2 rings (SSSR count). The minimum atomic E-state index is -4.38. The second-order valence-corrected chi connectivity index (χ2v) is 5.69. The van der Waals surface area contributed by atoms with Gasteiger partial charge < -0.3 is 9.47 Å². The van der Waals surface area contributed by atoms with Gasteiger partial charge in [0.2, 0.25) is 0 Å². The van der Waals surface area contributed by atoms with E-state index in [2.05, 4.69) is 0 Å². The first-order chi connectivity index (χ1) is 8.65. The highest BCUT2D eigenvalue weighted by Crippen LogP contribution is 2.39. The van der Waals surface area contributed by atoms with Crippen LogP contribution in [0.2, 0.25) is 0 Å². The molecule has 0 unspecified atom stereocenters. The molecule has 1 aromatic carbocycles. The maximum Gasteiger partial charge on any atom is 0.416 e. The van der Waals surface area contributed by atoms with Crippen molar-refractivity contribution in [2.45, 2.75) is 51.5 Å². The molecular weight excluding hydrogens is 257 g/mol. The number of hydrogen-bond acceptors (Lipinski definition) is 2. The van der Waals surface area contributed by atoms with E-state index in [-0.39, 0.29) is 11.9 Å². The summed E-state index contributed by atoms with van der Waals surface area (Å²) in [6, 6.07) is 3.36. The van der Waals surface area contributed by atoms with Crippen molar-refractivity contribution < 1.29 is 22.6 Å². The molecule has 1 aliphatic carbocycles. The Morgan fingerprint density at radius 1 is 1.05 bits per heavy atom. The summed E-state index contributed by atoms with van der Waals surface area (Å²) in [5.74, 6) is 0.527. The summed E-state index contributed by atoms with van der Waals surface area (Å²) in [4.78, 5) is 0. The quantitative estimate of drug-likeness (QED) is 0.812. The maximum atomic E-state index is 12.7. The van der Waals surface area contributed by atoms with Gasteiger partial charge in [-0.25, -0.2) is 0 Å². The van der Waals surface area contributed by atoms with Gasteiger partial charge in [-0.15, -0.1) is 0 Å². The third kappa shape index (κ3) is 4.04. The summed E-state index contributed by atoms with van der Waals surface area (Å²) in [7, 11) is 0. The van der Waals surface area contributed by atoms with Gasteiger partial charge in [-0.3, -0.25) is 0 Å². The zero-order valence-corrected chi connectivity index (χ0v) is 11.2. The van der Waals surface area contributed by atoms with E-state index < -0.39 is 17.3 Å². The van der Waals surface area contributed by atoms with E-state index in [1.807, 2.05) is 0 Å². The van der Waals surface area contributed by atoms with Crippen molar-refractivity contribution in [3.05, 3.63) is 23.8 Å². The van der Waals surface area contributed by atoms with Crippen LogP contribution in [0.5, 0.6) is 11.5 Å². The molecule has 0 saturated heterocycles. The summed E-state index contributed by atoms with van der Waals surface area (Å²) >= 11 is 0. The van der Waals surface area contributed by atoms with Crippen molar-refractivity contribution in [3.8, 4) is 11.5 Å². The molecule has 1 saturated carbocycles. The summed E-state index contributed by atoms with van der Waals surface area (Å²) < 4.78 is 49.3. The van der Waals surface area contributed by atoms with Gasteiger partial charge in [0.05, 0.1) is 11.7 Å². The Kier molecular flexibility index (Phi) is 3.41. The third-order valence-electron chi connectivity index (χ3n) is 2.51. The number of ether oxygens (including phenoxy) is 2. The van der Waals surface area contributed by atoms with Crippen molar-refractivity contribution in [1.29, 1.82) is 0 Å². The van der Waals surface area contributed by atoms with Gasteiger partial charge >= 0.3 is 6.18 Å². The zero-order valence-electron chi connectivity index (χ0n) is 11.2. The van der Waals surface area contributed by atoms with Gasteiger partial charge in [0.25, 0.3) is 0 Å². The molecule has 106 valence electrons. The van der Waals surface area contributed by atoms with E-state index in [4.69, 9.17) is 9.47 Å². The second-order valence-electron chi connectivity index (χ2n) is 5.69. The van der Waals surface area contributed by atoms with Crippen LogP contribution in [0.1, 0.15) is 39.2 Å². The van der Waals surface area contributed by atoms with E-state index in [1.54, 1.807) is 20.8 Å². The predicted molar refractivity (Wildman–Crippen MR) is 65.5 cm³/mol. The molecule has 1 aromatic rings. The summed E-state index contributed by atoms with van der Waals surface area (Å²) in [6.45, 7) is 5.36. The number of halogens is 3. The number of hydrogen-bond donors (Lipinski definition) is 0. The van der Waals surface area contributed by atoms with E-state index in [1.165, 1.54) is 6.07 Å². The molecule has 0 heterocycles. The first-order valence-electron chi connectivity index (χ1n) is 6.22. The highest BCUT2D eigenvalue weighted by atomic mass is 19.4. The van der Waals surface area contributed by atoms with Gasteiger partial charge in [-0.1, -0.05) is 0 Å². The molecule has 0 atom stereocenters. The zero-order chi connectivity index (χ0) is 14.3. The summed E-state index contributed by atoms with van der Waals surface area (Å²) in [5.41, 5.74) is -1.30. The largest absolute Gasteiger partial charge is 0.487 e. The standard InChI is InChI=1S/C14H17F3O2/c1-13(2,3)19-12-8-9(14(15,16)17)4-7-11(12)18-10-5-6-10/h4,7-8,10H,5-6H2,1-3H3. The highest BCUT2D eigenvalue weighted by Gasteiger charge is 2.33. The lowest BCUT2D eigenvalue weighted by Crippen LogP contribution is -2.23. The van der Waals surface area contributed by atoms with Gasteiger partial charge in [-0.2, -0.15) is 13.2 Å². The number of benzene rings is 1. The van der Waals surface area contributed by atoms with Crippen LogP contribution < -0.4 is 9.47 Å². The fourth-order valence-electron chi connectivity index (χ4n) is 1.56. The number of rotatable bonds is 3. The lowest BCUT2D eigenvalue weighted by Gasteiger charge is -2.24. The first kappa shape index (κ1) is 14.0. The van der Waals surface area contributed by atoms with Crippen molar-refractivity contribution >= 4 is 0 Å². The average Bonchev–Trinajstić information content (AvgIpc) is 3.00. The van der Waals surface area contributed by atoms with Crippen LogP contribution in [0.3, 0.4) is 0 Å². The van der Waals surface area contributed by atoms with Gasteiger partial charge in [0.15, 0.2) is 11.5 Å². The Bertz CT molecular complexity index is 457. The Labute approximate surface area is 110 Å². The van der Waals surface area contributed by atoms with Crippen molar-refractivity contribution in [2.75, 3.05) is 0 Å². The molecular formula is C14H17F3O2. The molecule has 0 bridgehead atoms. The Morgan fingerprint density at radius 2 is 1.68 bits per heavy atom. The first-order valence-corrected chi connectivity index (χ1v) is 6.22. The smallest absolute Gasteiger partial charge is 0.416 e. The Hall–Kier alpha value is -1.39. The van der Waals surface area contributed by atoms with Crippen LogP contribution in [0.15, 0.2) is 18.2 Å². The normalized spacial score (nSPS) is 16.3. The van der Waals surface area contributed by atoms with Crippen LogP contribution >= 0.6 is 0 Å². The van der Waals surface area contributed by atoms with Crippen LogP contribution in [0, 0.1) is 0 Å². The molecule has 5 heteroatoms. The topological polar surface area (TPSA) is 18.5 Å². The molecule has 19 heavy (non-hydrogen) atoms. The number of alkyl halides is 3. The van der Waals surface area contributed by atoms with E-state index in [0.29, 0.717) is 5.75 Å². The van der Waals surface area contributed by atoms with Crippen molar-refractivity contribution in [3.63, 3.8) is 0 Å².